The highest BCUT2D eigenvalue weighted by Gasteiger charge is 2.13. The van der Waals surface area contributed by atoms with E-state index >= 15 is 0 Å². The van der Waals surface area contributed by atoms with E-state index in [1.54, 1.807) is 18.2 Å². The lowest BCUT2D eigenvalue weighted by atomic mass is 9.99. The van der Waals surface area contributed by atoms with Crippen LogP contribution in [0.3, 0.4) is 0 Å². The molecule has 0 radical (unpaired) electrons. The summed E-state index contributed by atoms with van der Waals surface area (Å²) < 4.78 is 27.5. The molecule has 2 aromatic rings. The van der Waals surface area contributed by atoms with Gasteiger partial charge in [-0.05, 0) is 49.2 Å². The monoisotopic (exact) mass is 339 g/mol. The van der Waals surface area contributed by atoms with E-state index in [-0.39, 0.29) is 17.7 Å². The van der Waals surface area contributed by atoms with Crippen LogP contribution in [0.4, 0.5) is 8.78 Å². The summed E-state index contributed by atoms with van der Waals surface area (Å²) in [5, 5.41) is 3.19. The van der Waals surface area contributed by atoms with E-state index in [2.05, 4.69) is 21.2 Å². The Morgan fingerprint density at radius 2 is 1.75 bits per heavy atom. The van der Waals surface area contributed by atoms with Gasteiger partial charge in [-0.15, -0.1) is 0 Å². The maximum atomic E-state index is 13.7. The largest absolute Gasteiger partial charge is 0.316 e. The second kappa shape index (κ2) is 6.95. The third kappa shape index (κ3) is 3.87. The SMILES string of the molecule is CNC(Cc1ccccc1F)Cc1ccc(F)cc1Br. The third-order valence-corrected chi connectivity index (χ3v) is 4.05. The van der Waals surface area contributed by atoms with E-state index < -0.39 is 0 Å². The quantitative estimate of drug-likeness (QED) is 0.864. The van der Waals surface area contributed by atoms with Gasteiger partial charge in [-0.3, -0.25) is 0 Å². The molecule has 2 aromatic carbocycles. The summed E-state index contributed by atoms with van der Waals surface area (Å²) in [6, 6.07) is 11.5. The molecule has 2 rings (SSSR count). The van der Waals surface area contributed by atoms with Gasteiger partial charge in [0.1, 0.15) is 11.6 Å². The Kier molecular flexibility index (Phi) is 5.26. The lowest BCUT2D eigenvalue weighted by Gasteiger charge is -2.17. The predicted molar refractivity (Wildman–Crippen MR) is 80.8 cm³/mol. The smallest absolute Gasteiger partial charge is 0.126 e. The van der Waals surface area contributed by atoms with Crippen LogP contribution < -0.4 is 5.32 Å². The standard InChI is InChI=1S/C16H16BrF2N/c1-20-14(9-12-4-2-3-5-16(12)19)8-11-6-7-13(18)10-15(11)17/h2-7,10,14,20H,8-9H2,1H3. The number of rotatable bonds is 5. The first-order chi connectivity index (χ1) is 9.60. The average molecular weight is 340 g/mol. The first kappa shape index (κ1) is 15.1. The van der Waals surface area contributed by atoms with Crippen molar-refractivity contribution in [1.29, 1.82) is 0 Å². The molecular formula is C16H16BrF2N. The Bertz CT molecular complexity index is 586. The van der Waals surface area contributed by atoms with Crippen LogP contribution in [0.1, 0.15) is 11.1 Å². The van der Waals surface area contributed by atoms with Crippen LogP contribution in [-0.2, 0) is 12.8 Å². The van der Waals surface area contributed by atoms with Crippen molar-refractivity contribution in [2.75, 3.05) is 7.05 Å². The summed E-state index contributed by atoms with van der Waals surface area (Å²) in [6.45, 7) is 0. The Balaban J connectivity index is 2.11. The second-order valence-corrected chi connectivity index (χ2v) is 5.58. The highest BCUT2D eigenvalue weighted by molar-refractivity contribution is 9.10. The fraction of sp³-hybridized carbons (Fsp3) is 0.250. The van der Waals surface area contributed by atoms with Crippen molar-refractivity contribution in [3.63, 3.8) is 0 Å². The molecule has 20 heavy (non-hydrogen) atoms. The number of hydrogen-bond acceptors (Lipinski definition) is 1. The van der Waals surface area contributed by atoms with Crippen LogP contribution in [0, 0.1) is 11.6 Å². The zero-order valence-corrected chi connectivity index (χ0v) is 12.8. The number of hydrogen-bond donors (Lipinski definition) is 1. The Labute approximate surface area is 126 Å². The van der Waals surface area contributed by atoms with Gasteiger partial charge in [0.25, 0.3) is 0 Å². The zero-order valence-electron chi connectivity index (χ0n) is 11.2. The molecule has 4 heteroatoms. The maximum Gasteiger partial charge on any atom is 0.126 e. The zero-order chi connectivity index (χ0) is 14.5. The Morgan fingerprint density at radius 3 is 2.40 bits per heavy atom. The summed E-state index contributed by atoms with van der Waals surface area (Å²) >= 11 is 3.36. The molecule has 0 spiro atoms. The van der Waals surface area contributed by atoms with Crippen LogP contribution >= 0.6 is 15.9 Å². The molecule has 0 aromatic heterocycles. The van der Waals surface area contributed by atoms with Crippen molar-refractivity contribution in [3.05, 3.63) is 69.7 Å². The Morgan fingerprint density at radius 1 is 1.05 bits per heavy atom. The van der Waals surface area contributed by atoms with Gasteiger partial charge < -0.3 is 5.32 Å². The van der Waals surface area contributed by atoms with Crippen molar-refractivity contribution in [1.82, 2.24) is 5.32 Å². The first-order valence-electron chi connectivity index (χ1n) is 6.44. The third-order valence-electron chi connectivity index (χ3n) is 3.31. The first-order valence-corrected chi connectivity index (χ1v) is 7.24. The van der Waals surface area contributed by atoms with Gasteiger partial charge in [-0.1, -0.05) is 40.2 Å². The number of likely N-dealkylation sites (N-methyl/N-ethyl adjacent to an activating group) is 1. The fourth-order valence-electron chi connectivity index (χ4n) is 2.16. The number of halogens is 3. The molecule has 0 aliphatic heterocycles. The van der Waals surface area contributed by atoms with Crippen molar-refractivity contribution < 1.29 is 8.78 Å². The molecule has 0 saturated heterocycles. The molecule has 0 saturated carbocycles. The Hall–Kier alpha value is -1.26. The van der Waals surface area contributed by atoms with Crippen LogP contribution in [0.2, 0.25) is 0 Å². The van der Waals surface area contributed by atoms with E-state index in [4.69, 9.17) is 0 Å². The molecule has 0 fully saturated rings. The maximum absolute atomic E-state index is 13.7. The molecule has 1 N–H and O–H groups in total. The van der Waals surface area contributed by atoms with Gasteiger partial charge in [0.05, 0.1) is 0 Å². The van der Waals surface area contributed by atoms with Gasteiger partial charge in [0, 0.05) is 10.5 Å². The highest BCUT2D eigenvalue weighted by atomic mass is 79.9. The predicted octanol–water partition coefficient (Wildman–Crippen LogP) is 4.10. The molecule has 106 valence electrons. The van der Waals surface area contributed by atoms with E-state index in [1.807, 2.05) is 13.1 Å². The number of nitrogens with one attached hydrogen (secondary N) is 1. The van der Waals surface area contributed by atoms with Gasteiger partial charge in [0.2, 0.25) is 0 Å². The van der Waals surface area contributed by atoms with Gasteiger partial charge >= 0.3 is 0 Å². The van der Waals surface area contributed by atoms with E-state index in [0.717, 1.165) is 10.0 Å². The molecule has 0 heterocycles. The summed E-state index contributed by atoms with van der Waals surface area (Å²) in [7, 11) is 1.85. The second-order valence-electron chi connectivity index (χ2n) is 4.72. The van der Waals surface area contributed by atoms with Crippen LogP contribution in [0.5, 0.6) is 0 Å². The fourth-order valence-corrected chi connectivity index (χ4v) is 2.67. The van der Waals surface area contributed by atoms with Crippen LogP contribution in [-0.4, -0.2) is 13.1 Å². The van der Waals surface area contributed by atoms with E-state index in [1.165, 1.54) is 18.2 Å². The minimum absolute atomic E-state index is 0.0914. The number of benzene rings is 2. The molecule has 0 amide bonds. The van der Waals surface area contributed by atoms with Crippen molar-refractivity contribution in [2.24, 2.45) is 0 Å². The summed E-state index contributed by atoms with van der Waals surface area (Å²) in [6.07, 6.45) is 1.29. The molecule has 0 aliphatic rings. The van der Waals surface area contributed by atoms with Gasteiger partial charge in [-0.25, -0.2) is 8.78 Å². The minimum atomic E-state index is -0.268. The van der Waals surface area contributed by atoms with Gasteiger partial charge in [0.15, 0.2) is 0 Å². The van der Waals surface area contributed by atoms with Gasteiger partial charge in [-0.2, -0.15) is 0 Å². The molecule has 0 bridgehead atoms. The summed E-state index contributed by atoms with van der Waals surface area (Å²) in [5.41, 5.74) is 1.69. The van der Waals surface area contributed by atoms with Crippen molar-refractivity contribution >= 4 is 15.9 Å². The van der Waals surface area contributed by atoms with Crippen LogP contribution in [0.25, 0.3) is 0 Å². The van der Waals surface area contributed by atoms with Crippen molar-refractivity contribution in [3.8, 4) is 0 Å². The average Bonchev–Trinajstić information content (AvgIpc) is 2.43. The van der Waals surface area contributed by atoms with Crippen molar-refractivity contribution in [2.45, 2.75) is 18.9 Å². The van der Waals surface area contributed by atoms with E-state index in [0.29, 0.717) is 18.4 Å². The lowest BCUT2D eigenvalue weighted by Crippen LogP contribution is -2.30. The van der Waals surface area contributed by atoms with E-state index in [9.17, 15) is 8.78 Å². The molecular weight excluding hydrogens is 324 g/mol. The molecule has 1 atom stereocenters. The van der Waals surface area contributed by atoms with Crippen LogP contribution in [0.15, 0.2) is 46.9 Å². The molecule has 1 unspecified atom stereocenters. The summed E-state index contributed by atoms with van der Waals surface area (Å²) in [4.78, 5) is 0. The topological polar surface area (TPSA) is 12.0 Å². The molecule has 0 aliphatic carbocycles. The molecule has 1 nitrogen and oxygen atoms in total. The highest BCUT2D eigenvalue weighted by Crippen LogP contribution is 2.21. The lowest BCUT2D eigenvalue weighted by molar-refractivity contribution is 0.531. The summed E-state index contributed by atoms with van der Waals surface area (Å²) in [5.74, 6) is -0.457. The normalized spacial score (nSPS) is 12.4. The minimum Gasteiger partial charge on any atom is -0.316 e.